The predicted molar refractivity (Wildman–Crippen MR) is 95.7 cm³/mol. The van der Waals surface area contributed by atoms with Gasteiger partial charge in [0.25, 0.3) is 0 Å². The Morgan fingerprint density at radius 2 is 2.08 bits per heavy atom. The van der Waals surface area contributed by atoms with Gasteiger partial charge < -0.3 is 14.9 Å². The number of rotatable bonds is 5. The highest BCUT2D eigenvalue weighted by atomic mass is 16.2. The Balaban J connectivity index is 1.36. The minimum Gasteiger partial charge on any atom is -0.363 e. The van der Waals surface area contributed by atoms with Crippen LogP contribution in [0.15, 0.2) is 48.8 Å². The number of fused-ring (bicyclic) bond motifs is 1. The van der Waals surface area contributed by atoms with Gasteiger partial charge in [0.05, 0.1) is 6.04 Å². The first-order valence-electron chi connectivity index (χ1n) is 8.80. The van der Waals surface area contributed by atoms with Crippen molar-refractivity contribution in [2.75, 3.05) is 6.54 Å². The van der Waals surface area contributed by atoms with E-state index in [1.165, 1.54) is 16.5 Å². The fourth-order valence-corrected chi connectivity index (χ4v) is 3.85. The van der Waals surface area contributed by atoms with Crippen LogP contribution in [0.3, 0.4) is 0 Å². The Hall–Kier alpha value is -2.49. The molecular weight excluding hydrogens is 298 g/mol. The molecular formula is C20H23N3O. The summed E-state index contributed by atoms with van der Waals surface area (Å²) < 4.78 is 0. The van der Waals surface area contributed by atoms with Crippen molar-refractivity contribution in [3.8, 4) is 0 Å². The summed E-state index contributed by atoms with van der Waals surface area (Å²) in [5.41, 5.74) is 3.64. The second-order valence-electron chi connectivity index (χ2n) is 6.58. The number of aromatic amines is 2. The molecule has 0 bridgehead atoms. The molecule has 0 saturated carbocycles. The fraction of sp³-hybridized carbons (Fsp3) is 0.350. The van der Waals surface area contributed by atoms with E-state index in [0.29, 0.717) is 6.42 Å². The van der Waals surface area contributed by atoms with Gasteiger partial charge in [0.15, 0.2) is 0 Å². The number of benzene rings is 1. The maximum absolute atomic E-state index is 12.6. The van der Waals surface area contributed by atoms with Crippen LogP contribution in [0, 0.1) is 0 Å². The minimum absolute atomic E-state index is 0.237. The lowest BCUT2D eigenvalue weighted by Crippen LogP contribution is -2.30. The number of nitrogens with zero attached hydrogens (tertiary/aromatic N) is 1. The molecule has 1 saturated heterocycles. The molecule has 0 unspecified atom stereocenters. The zero-order chi connectivity index (χ0) is 16.4. The van der Waals surface area contributed by atoms with E-state index in [4.69, 9.17) is 0 Å². The van der Waals surface area contributed by atoms with Crippen LogP contribution in [0.4, 0.5) is 0 Å². The van der Waals surface area contributed by atoms with Crippen LogP contribution >= 0.6 is 0 Å². The summed E-state index contributed by atoms with van der Waals surface area (Å²) in [6.07, 6.45) is 8.63. The van der Waals surface area contributed by atoms with Gasteiger partial charge in [-0.05, 0) is 49.4 Å². The Morgan fingerprint density at radius 1 is 1.17 bits per heavy atom. The molecule has 1 fully saturated rings. The Kier molecular flexibility index (Phi) is 4.11. The number of carbonyl (C=O) groups is 1. The molecule has 4 nitrogen and oxygen atoms in total. The van der Waals surface area contributed by atoms with Crippen molar-refractivity contribution in [2.24, 2.45) is 0 Å². The predicted octanol–water partition coefficient (Wildman–Crippen LogP) is 4.18. The SMILES string of the molecule is O=C(CCCc1c[nH]c2ccccc12)N1CCC[C@H]1c1ccc[nH]1. The molecule has 2 aromatic heterocycles. The van der Waals surface area contributed by atoms with E-state index >= 15 is 0 Å². The Bertz CT molecular complexity index is 818. The number of amides is 1. The first kappa shape index (κ1) is 15.1. The molecule has 1 amide bonds. The first-order chi connectivity index (χ1) is 11.8. The van der Waals surface area contributed by atoms with Crippen molar-refractivity contribution in [1.29, 1.82) is 0 Å². The number of aromatic nitrogens is 2. The van der Waals surface area contributed by atoms with Crippen molar-refractivity contribution in [3.63, 3.8) is 0 Å². The molecule has 1 aliphatic rings. The van der Waals surface area contributed by atoms with Crippen LogP contribution in [0.25, 0.3) is 10.9 Å². The number of carbonyl (C=O) groups excluding carboxylic acids is 1. The van der Waals surface area contributed by atoms with Crippen LogP contribution in [0.2, 0.25) is 0 Å². The Morgan fingerprint density at radius 3 is 2.96 bits per heavy atom. The zero-order valence-electron chi connectivity index (χ0n) is 13.8. The fourth-order valence-electron chi connectivity index (χ4n) is 3.85. The zero-order valence-corrected chi connectivity index (χ0v) is 13.8. The average molecular weight is 321 g/mol. The van der Waals surface area contributed by atoms with Gasteiger partial charge in [-0.15, -0.1) is 0 Å². The van der Waals surface area contributed by atoms with E-state index in [2.05, 4.69) is 45.3 Å². The highest BCUT2D eigenvalue weighted by molar-refractivity contribution is 5.83. The maximum Gasteiger partial charge on any atom is 0.223 e. The third kappa shape index (κ3) is 2.84. The number of hydrogen-bond acceptors (Lipinski definition) is 1. The summed E-state index contributed by atoms with van der Waals surface area (Å²) in [6, 6.07) is 12.7. The number of likely N-dealkylation sites (tertiary alicyclic amines) is 1. The third-order valence-corrected chi connectivity index (χ3v) is 5.07. The van der Waals surface area contributed by atoms with Crippen molar-refractivity contribution >= 4 is 16.8 Å². The molecule has 0 spiro atoms. The topological polar surface area (TPSA) is 51.9 Å². The van der Waals surface area contributed by atoms with Gasteiger partial charge >= 0.3 is 0 Å². The molecule has 2 N–H and O–H groups in total. The highest BCUT2D eigenvalue weighted by Crippen LogP contribution is 2.31. The van der Waals surface area contributed by atoms with Gasteiger partial charge in [0.1, 0.15) is 0 Å². The van der Waals surface area contributed by atoms with E-state index in [0.717, 1.165) is 37.9 Å². The Labute approximate surface area is 141 Å². The average Bonchev–Trinajstić information content (AvgIpc) is 3.34. The largest absolute Gasteiger partial charge is 0.363 e. The molecule has 3 heterocycles. The van der Waals surface area contributed by atoms with Gasteiger partial charge in [0.2, 0.25) is 5.91 Å². The lowest BCUT2D eigenvalue weighted by molar-refractivity contribution is -0.132. The van der Waals surface area contributed by atoms with Gasteiger partial charge in [-0.2, -0.15) is 0 Å². The number of para-hydroxylation sites is 1. The number of H-pyrrole nitrogens is 2. The van der Waals surface area contributed by atoms with Crippen LogP contribution in [0.1, 0.15) is 43.0 Å². The van der Waals surface area contributed by atoms with Crippen molar-refractivity contribution in [1.82, 2.24) is 14.9 Å². The quantitative estimate of drug-likeness (QED) is 0.727. The normalized spacial score (nSPS) is 17.7. The standard InChI is InChI=1S/C20H23N3O/c24-20(23-13-5-10-19(23)18-9-4-12-21-18)11-3-6-15-14-22-17-8-2-1-7-16(15)17/h1-2,4,7-9,12,14,19,21-22H,3,5-6,10-11,13H2/t19-/m0/s1. The smallest absolute Gasteiger partial charge is 0.223 e. The van der Waals surface area contributed by atoms with Crippen molar-refractivity contribution < 1.29 is 4.79 Å². The molecule has 3 aromatic rings. The lowest BCUT2D eigenvalue weighted by atomic mass is 10.1. The molecule has 1 atom stereocenters. The number of aryl methyl sites for hydroxylation is 1. The summed E-state index contributed by atoms with van der Waals surface area (Å²) in [4.78, 5) is 21.3. The van der Waals surface area contributed by atoms with E-state index in [1.54, 1.807) is 0 Å². The molecule has 1 aliphatic heterocycles. The highest BCUT2D eigenvalue weighted by Gasteiger charge is 2.29. The molecule has 124 valence electrons. The van der Waals surface area contributed by atoms with Crippen LogP contribution in [-0.2, 0) is 11.2 Å². The summed E-state index contributed by atoms with van der Waals surface area (Å²) in [7, 11) is 0. The van der Waals surface area contributed by atoms with Crippen molar-refractivity contribution in [2.45, 2.75) is 38.1 Å². The van der Waals surface area contributed by atoms with Crippen LogP contribution in [-0.4, -0.2) is 27.3 Å². The lowest BCUT2D eigenvalue weighted by Gasteiger charge is -2.24. The van der Waals surface area contributed by atoms with E-state index in [1.807, 2.05) is 18.3 Å². The van der Waals surface area contributed by atoms with E-state index < -0.39 is 0 Å². The second kappa shape index (κ2) is 6.56. The summed E-state index contributed by atoms with van der Waals surface area (Å²) in [5, 5.41) is 1.27. The van der Waals surface area contributed by atoms with Gasteiger partial charge in [0, 0.05) is 42.0 Å². The number of nitrogens with one attached hydrogen (secondary N) is 2. The summed E-state index contributed by atoms with van der Waals surface area (Å²) in [6.45, 7) is 0.885. The second-order valence-corrected chi connectivity index (χ2v) is 6.58. The van der Waals surface area contributed by atoms with Crippen LogP contribution < -0.4 is 0 Å². The number of hydrogen-bond donors (Lipinski definition) is 2. The molecule has 24 heavy (non-hydrogen) atoms. The molecule has 1 aromatic carbocycles. The maximum atomic E-state index is 12.6. The third-order valence-electron chi connectivity index (χ3n) is 5.07. The summed E-state index contributed by atoms with van der Waals surface area (Å²) in [5.74, 6) is 0.284. The van der Waals surface area contributed by atoms with Gasteiger partial charge in [-0.25, -0.2) is 0 Å². The van der Waals surface area contributed by atoms with Crippen molar-refractivity contribution in [3.05, 3.63) is 60.0 Å². The first-order valence-corrected chi connectivity index (χ1v) is 8.80. The minimum atomic E-state index is 0.237. The molecule has 0 aliphatic carbocycles. The van der Waals surface area contributed by atoms with Crippen LogP contribution in [0.5, 0.6) is 0 Å². The molecule has 0 radical (unpaired) electrons. The van der Waals surface area contributed by atoms with Gasteiger partial charge in [-0.3, -0.25) is 4.79 Å². The summed E-state index contributed by atoms with van der Waals surface area (Å²) >= 11 is 0. The monoisotopic (exact) mass is 321 g/mol. The van der Waals surface area contributed by atoms with Gasteiger partial charge in [-0.1, -0.05) is 18.2 Å². The molecule has 4 rings (SSSR count). The molecule has 4 heteroatoms. The van der Waals surface area contributed by atoms with E-state index in [-0.39, 0.29) is 11.9 Å². The van der Waals surface area contributed by atoms with E-state index in [9.17, 15) is 4.79 Å².